The first-order chi connectivity index (χ1) is 5.57. The smallest absolute Gasteiger partial charge is 0.323 e. The number of ether oxygens (including phenoxy) is 1. The highest BCUT2D eigenvalue weighted by Crippen LogP contribution is 2.10. The van der Waals surface area contributed by atoms with Gasteiger partial charge in [-0.1, -0.05) is 18.2 Å². The summed E-state index contributed by atoms with van der Waals surface area (Å²) in [6.45, 7) is 3.50. The average molecular weight is 210 g/mol. The van der Waals surface area contributed by atoms with Crippen LogP contribution in [-0.4, -0.2) is 30.6 Å². The maximum Gasteiger partial charge on any atom is 0.323 e. The highest BCUT2D eigenvalue weighted by Gasteiger charge is 2.12. The molecule has 0 bridgehead atoms. The summed E-state index contributed by atoms with van der Waals surface area (Å²) in [4.78, 5) is 10.8. The second-order valence-electron chi connectivity index (χ2n) is 2.16. The lowest BCUT2D eigenvalue weighted by Crippen LogP contribution is -2.33. The van der Waals surface area contributed by atoms with Crippen molar-refractivity contribution in [2.24, 2.45) is 5.73 Å². The fraction of sp³-hybridized carbons (Fsp3) is 0.571. The number of carbonyl (C=O) groups is 1. The Balaban J connectivity index is 3.50. The van der Waals surface area contributed by atoms with Crippen molar-refractivity contribution in [2.75, 3.05) is 18.6 Å². The third kappa shape index (κ3) is 5.46. The van der Waals surface area contributed by atoms with Crippen molar-refractivity contribution in [1.82, 2.24) is 0 Å². The fourth-order valence-electron chi connectivity index (χ4n) is 0.516. The summed E-state index contributed by atoms with van der Waals surface area (Å²) < 4.78 is 4.44. The van der Waals surface area contributed by atoms with E-state index in [-0.39, 0.29) is 0 Å². The molecule has 0 fully saturated rings. The summed E-state index contributed by atoms with van der Waals surface area (Å²) in [5.74, 6) is 0.702. The van der Waals surface area contributed by atoms with Gasteiger partial charge in [-0.15, -0.1) is 0 Å². The van der Waals surface area contributed by atoms with Crippen molar-refractivity contribution in [3.05, 3.63) is 11.6 Å². The minimum absolute atomic E-state index is 0.400. The van der Waals surface area contributed by atoms with E-state index in [1.165, 1.54) is 18.9 Å². The number of thioether (sulfide) groups is 1. The van der Waals surface area contributed by atoms with Crippen LogP contribution in [0.3, 0.4) is 0 Å². The van der Waals surface area contributed by atoms with Gasteiger partial charge in [0.25, 0.3) is 0 Å². The second-order valence-corrected chi connectivity index (χ2v) is 3.73. The van der Waals surface area contributed by atoms with Crippen molar-refractivity contribution in [3.63, 3.8) is 0 Å². The molecule has 0 aromatic rings. The first kappa shape index (κ1) is 11.8. The van der Waals surface area contributed by atoms with E-state index in [4.69, 9.17) is 17.3 Å². The van der Waals surface area contributed by atoms with E-state index in [1.54, 1.807) is 0 Å². The van der Waals surface area contributed by atoms with E-state index in [0.29, 0.717) is 16.5 Å². The van der Waals surface area contributed by atoms with Gasteiger partial charge in [0, 0.05) is 16.5 Å². The first-order valence-electron chi connectivity index (χ1n) is 3.32. The number of halogens is 1. The van der Waals surface area contributed by atoms with Gasteiger partial charge in [-0.05, 0) is 0 Å². The van der Waals surface area contributed by atoms with Crippen LogP contribution in [0.4, 0.5) is 0 Å². The number of carbonyl (C=O) groups excluding carboxylic acids is 1. The SMILES string of the molecule is C=C(Cl)CSCC(N)C(=O)OC. The molecule has 70 valence electrons. The Bertz CT molecular complexity index is 175. The zero-order chi connectivity index (χ0) is 9.56. The van der Waals surface area contributed by atoms with E-state index < -0.39 is 12.0 Å². The molecule has 0 spiro atoms. The van der Waals surface area contributed by atoms with Crippen molar-refractivity contribution >= 4 is 29.3 Å². The number of esters is 1. The number of methoxy groups -OCH3 is 1. The highest BCUT2D eigenvalue weighted by molar-refractivity contribution is 7.99. The third-order valence-electron chi connectivity index (χ3n) is 1.06. The zero-order valence-corrected chi connectivity index (χ0v) is 8.45. The topological polar surface area (TPSA) is 52.3 Å². The van der Waals surface area contributed by atoms with Crippen LogP contribution < -0.4 is 5.73 Å². The number of hydrogen-bond acceptors (Lipinski definition) is 4. The van der Waals surface area contributed by atoms with Crippen LogP contribution in [0.15, 0.2) is 11.6 Å². The molecule has 0 heterocycles. The van der Waals surface area contributed by atoms with Crippen LogP contribution in [0.5, 0.6) is 0 Å². The monoisotopic (exact) mass is 209 g/mol. The number of hydrogen-bond donors (Lipinski definition) is 1. The lowest BCUT2D eigenvalue weighted by atomic mass is 10.4. The van der Waals surface area contributed by atoms with Crippen LogP contribution in [-0.2, 0) is 9.53 Å². The van der Waals surface area contributed by atoms with Crippen molar-refractivity contribution in [3.8, 4) is 0 Å². The summed E-state index contributed by atoms with van der Waals surface area (Å²) in [5, 5.41) is 0.553. The van der Waals surface area contributed by atoms with Crippen LogP contribution in [0, 0.1) is 0 Å². The van der Waals surface area contributed by atoms with Crippen molar-refractivity contribution in [1.29, 1.82) is 0 Å². The molecule has 0 radical (unpaired) electrons. The van der Waals surface area contributed by atoms with E-state index >= 15 is 0 Å². The molecule has 0 rings (SSSR count). The van der Waals surface area contributed by atoms with Gasteiger partial charge >= 0.3 is 5.97 Å². The second kappa shape index (κ2) is 6.34. The molecule has 0 aliphatic heterocycles. The highest BCUT2D eigenvalue weighted by atomic mass is 35.5. The molecule has 5 heteroatoms. The van der Waals surface area contributed by atoms with Crippen LogP contribution >= 0.6 is 23.4 Å². The van der Waals surface area contributed by atoms with Gasteiger partial charge in [0.05, 0.1) is 7.11 Å². The van der Waals surface area contributed by atoms with E-state index in [2.05, 4.69) is 11.3 Å². The molecule has 1 atom stereocenters. The van der Waals surface area contributed by atoms with Crippen molar-refractivity contribution in [2.45, 2.75) is 6.04 Å². The molecule has 0 saturated carbocycles. The lowest BCUT2D eigenvalue weighted by Gasteiger charge is -2.07. The molecular weight excluding hydrogens is 198 g/mol. The van der Waals surface area contributed by atoms with E-state index in [0.717, 1.165) is 0 Å². The molecule has 0 aliphatic rings. The fourth-order valence-corrected chi connectivity index (χ4v) is 1.48. The summed E-state index contributed by atoms with van der Waals surface area (Å²) in [7, 11) is 1.31. The van der Waals surface area contributed by atoms with Gasteiger partial charge < -0.3 is 10.5 Å². The summed E-state index contributed by atoms with van der Waals surface area (Å²) >= 11 is 6.96. The Morgan fingerprint density at radius 1 is 1.83 bits per heavy atom. The molecule has 0 aliphatic carbocycles. The predicted molar refractivity (Wildman–Crippen MR) is 52.3 cm³/mol. The molecule has 0 aromatic carbocycles. The van der Waals surface area contributed by atoms with E-state index in [1.807, 2.05) is 0 Å². The Hall–Kier alpha value is -0.190. The molecule has 3 nitrogen and oxygen atoms in total. The number of rotatable bonds is 5. The quantitative estimate of drug-likeness (QED) is 0.686. The Morgan fingerprint density at radius 2 is 2.42 bits per heavy atom. The van der Waals surface area contributed by atoms with Crippen LogP contribution in [0.2, 0.25) is 0 Å². The Labute approximate surface area is 81.3 Å². The summed E-state index contributed by atoms with van der Waals surface area (Å²) in [5.41, 5.74) is 5.45. The molecule has 12 heavy (non-hydrogen) atoms. The van der Waals surface area contributed by atoms with E-state index in [9.17, 15) is 4.79 Å². The molecule has 0 amide bonds. The third-order valence-corrected chi connectivity index (χ3v) is 2.50. The Morgan fingerprint density at radius 3 is 2.83 bits per heavy atom. The molecule has 1 unspecified atom stereocenters. The van der Waals surface area contributed by atoms with Gasteiger partial charge in [-0.2, -0.15) is 11.8 Å². The summed E-state index contributed by atoms with van der Waals surface area (Å²) in [6.07, 6.45) is 0. The minimum atomic E-state index is -0.573. The first-order valence-corrected chi connectivity index (χ1v) is 4.85. The van der Waals surface area contributed by atoms with Crippen LogP contribution in [0.1, 0.15) is 0 Å². The van der Waals surface area contributed by atoms with Gasteiger partial charge in [0.2, 0.25) is 0 Å². The average Bonchev–Trinajstić information content (AvgIpc) is 2.02. The zero-order valence-electron chi connectivity index (χ0n) is 6.88. The van der Waals surface area contributed by atoms with Crippen LogP contribution in [0.25, 0.3) is 0 Å². The normalized spacial score (nSPS) is 12.2. The van der Waals surface area contributed by atoms with Crippen molar-refractivity contribution < 1.29 is 9.53 Å². The minimum Gasteiger partial charge on any atom is -0.468 e. The molecular formula is C7H12ClNO2S. The standard InChI is InChI=1S/C7H12ClNO2S/c1-5(8)3-12-4-6(9)7(10)11-2/h6H,1,3-4,9H2,2H3. The summed E-state index contributed by atoms with van der Waals surface area (Å²) in [6, 6.07) is -0.573. The van der Waals surface area contributed by atoms with Gasteiger partial charge in [0.15, 0.2) is 0 Å². The van der Waals surface area contributed by atoms with Gasteiger partial charge in [-0.25, -0.2) is 0 Å². The molecule has 0 saturated heterocycles. The number of nitrogens with two attached hydrogens (primary N) is 1. The maximum absolute atomic E-state index is 10.8. The van der Waals surface area contributed by atoms with Gasteiger partial charge in [0.1, 0.15) is 6.04 Å². The predicted octanol–water partition coefficient (Wildman–Crippen LogP) is 0.972. The maximum atomic E-state index is 10.8. The largest absolute Gasteiger partial charge is 0.468 e. The van der Waals surface area contributed by atoms with Gasteiger partial charge in [-0.3, -0.25) is 4.79 Å². The lowest BCUT2D eigenvalue weighted by molar-refractivity contribution is -0.141. The molecule has 0 aromatic heterocycles. The molecule has 2 N–H and O–H groups in total. The Kier molecular flexibility index (Phi) is 6.24.